The maximum Gasteiger partial charge on any atom is 0.422 e. The summed E-state index contributed by atoms with van der Waals surface area (Å²) < 4.78 is 11.0. The first-order valence-electron chi connectivity index (χ1n) is 9.71. The molecule has 8 heteroatoms. The number of aromatic carboxylic acids is 1. The van der Waals surface area contributed by atoms with E-state index in [1.807, 2.05) is 30.3 Å². The molecule has 1 aromatic heterocycles. The highest BCUT2D eigenvalue weighted by Crippen LogP contribution is 2.12. The van der Waals surface area contributed by atoms with Crippen LogP contribution in [0.1, 0.15) is 21.5 Å². The van der Waals surface area contributed by atoms with Crippen LogP contribution < -0.4 is 21.8 Å². The average Bonchev–Trinajstić information content (AvgIpc) is 2.82. The van der Waals surface area contributed by atoms with Gasteiger partial charge in [-0.15, -0.1) is 0 Å². The van der Waals surface area contributed by atoms with E-state index < -0.39 is 17.3 Å². The molecule has 3 aromatic carbocycles. The zero-order chi connectivity index (χ0) is 23.1. The summed E-state index contributed by atoms with van der Waals surface area (Å²) in [6.45, 7) is 0.652. The fourth-order valence-electron chi connectivity index (χ4n) is 2.96. The predicted molar refractivity (Wildman–Crippen MR) is 120 cm³/mol. The number of nitrogens with two attached hydrogens (primary N) is 1. The molecule has 0 aliphatic carbocycles. The van der Waals surface area contributed by atoms with Crippen LogP contribution in [-0.2, 0) is 13.1 Å². The fraction of sp³-hybridized carbons (Fsp3) is 0.125. The number of carbonyl (C=O) groups is 1. The average molecular weight is 434 g/mol. The van der Waals surface area contributed by atoms with Crippen molar-refractivity contribution in [3.63, 3.8) is 0 Å². The summed E-state index contributed by atoms with van der Waals surface area (Å²) in [4.78, 5) is 35.4. The lowest BCUT2D eigenvalue weighted by Gasteiger charge is -2.06. The Morgan fingerprint density at radius 3 is 2.28 bits per heavy atom. The normalized spacial score (nSPS) is 10.3. The molecule has 0 aliphatic rings. The van der Waals surface area contributed by atoms with Crippen LogP contribution in [0.5, 0.6) is 5.75 Å². The molecule has 0 saturated heterocycles. The summed E-state index contributed by atoms with van der Waals surface area (Å²) in [7, 11) is 1.65. The van der Waals surface area contributed by atoms with Crippen LogP contribution in [0.15, 0.2) is 86.8 Å². The van der Waals surface area contributed by atoms with E-state index in [4.69, 9.17) is 20.0 Å². The third-order valence-electron chi connectivity index (χ3n) is 4.70. The van der Waals surface area contributed by atoms with Crippen molar-refractivity contribution in [2.75, 3.05) is 7.11 Å². The number of methoxy groups -OCH3 is 1. The molecule has 164 valence electrons. The van der Waals surface area contributed by atoms with Crippen molar-refractivity contribution >= 4 is 16.9 Å². The van der Waals surface area contributed by atoms with Crippen LogP contribution in [0.25, 0.3) is 11.0 Å². The summed E-state index contributed by atoms with van der Waals surface area (Å²) in [5, 5.41) is 9.06. The van der Waals surface area contributed by atoms with Crippen molar-refractivity contribution < 1.29 is 19.1 Å². The Morgan fingerprint density at radius 1 is 1.00 bits per heavy atom. The number of nitrogens with zero attached hydrogens (tertiary/aromatic N) is 1. The van der Waals surface area contributed by atoms with Crippen LogP contribution in [-0.4, -0.2) is 22.8 Å². The molecule has 0 radical (unpaired) electrons. The van der Waals surface area contributed by atoms with Crippen molar-refractivity contribution in [2.24, 2.45) is 5.73 Å². The largest absolute Gasteiger partial charge is 0.497 e. The molecule has 4 rings (SSSR count). The Balaban J connectivity index is 0.000000243. The Bertz CT molecular complexity index is 1300. The molecule has 0 bridgehead atoms. The van der Waals surface area contributed by atoms with Gasteiger partial charge in [0.25, 0.3) is 5.56 Å². The maximum absolute atomic E-state index is 12.4. The number of carboxylic acids is 1. The Kier molecular flexibility index (Phi) is 7.20. The van der Waals surface area contributed by atoms with Crippen molar-refractivity contribution in [1.29, 1.82) is 0 Å². The first kappa shape index (κ1) is 22.5. The lowest BCUT2D eigenvalue weighted by molar-refractivity contribution is 0.0697. The molecule has 0 amide bonds. The third kappa shape index (κ3) is 5.30. The summed E-state index contributed by atoms with van der Waals surface area (Å²) in [5.41, 5.74) is 6.76. The molecule has 0 spiro atoms. The molecule has 32 heavy (non-hydrogen) atoms. The van der Waals surface area contributed by atoms with Crippen LogP contribution in [0.4, 0.5) is 0 Å². The van der Waals surface area contributed by atoms with E-state index >= 15 is 0 Å². The fourth-order valence-corrected chi connectivity index (χ4v) is 2.96. The standard InChI is InChI=1S/C16H11NO5.C8H11NO/c18-14-12-8-11(15(19)20)6-7-13(12)22-16(21)17(14)9-10-4-2-1-3-5-10;1-10-8-4-2-7(6-9)3-5-8/h1-8H,9H2,(H,19,20);2-5H,6,9H2,1H3. The Labute approximate surface area is 183 Å². The van der Waals surface area contributed by atoms with Gasteiger partial charge in [0.15, 0.2) is 0 Å². The summed E-state index contributed by atoms with van der Waals surface area (Å²) in [6.07, 6.45) is 0. The topological polar surface area (TPSA) is 125 Å². The number of aromatic nitrogens is 1. The van der Waals surface area contributed by atoms with Crippen LogP contribution in [0.2, 0.25) is 0 Å². The molecule has 0 unspecified atom stereocenters. The highest BCUT2D eigenvalue weighted by molar-refractivity contribution is 5.92. The highest BCUT2D eigenvalue weighted by atomic mass is 16.5. The number of benzene rings is 3. The molecule has 8 nitrogen and oxygen atoms in total. The Morgan fingerprint density at radius 2 is 1.69 bits per heavy atom. The van der Waals surface area contributed by atoms with E-state index in [0.29, 0.717) is 6.54 Å². The van der Waals surface area contributed by atoms with Gasteiger partial charge in [-0.2, -0.15) is 0 Å². The van der Waals surface area contributed by atoms with E-state index in [0.717, 1.165) is 21.4 Å². The van der Waals surface area contributed by atoms with Gasteiger partial charge in [0.05, 0.1) is 24.6 Å². The number of hydrogen-bond donors (Lipinski definition) is 2. The second-order valence-electron chi connectivity index (χ2n) is 6.81. The predicted octanol–water partition coefficient (Wildman–Crippen LogP) is 2.86. The minimum Gasteiger partial charge on any atom is -0.497 e. The maximum atomic E-state index is 12.4. The molecule has 0 atom stereocenters. The van der Waals surface area contributed by atoms with Gasteiger partial charge in [-0.05, 0) is 41.5 Å². The number of ether oxygens (including phenoxy) is 1. The van der Waals surface area contributed by atoms with Gasteiger partial charge in [0.2, 0.25) is 0 Å². The Hall–Kier alpha value is -4.17. The lowest BCUT2D eigenvalue weighted by Crippen LogP contribution is -2.33. The first-order valence-corrected chi connectivity index (χ1v) is 9.71. The molecule has 0 saturated carbocycles. The van der Waals surface area contributed by atoms with Gasteiger partial charge in [0.1, 0.15) is 11.3 Å². The van der Waals surface area contributed by atoms with Gasteiger partial charge in [-0.1, -0.05) is 42.5 Å². The molecule has 4 aromatic rings. The molecule has 0 aliphatic heterocycles. The number of hydrogen-bond acceptors (Lipinski definition) is 6. The van der Waals surface area contributed by atoms with Crippen molar-refractivity contribution in [2.45, 2.75) is 13.1 Å². The highest BCUT2D eigenvalue weighted by Gasteiger charge is 2.12. The monoisotopic (exact) mass is 434 g/mol. The molecule has 1 heterocycles. The number of carboxylic acid groups (broad SMARTS) is 1. The number of rotatable bonds is 5. The van der Waals surface area contributed by atoms with Crippen molar-refractivity contribution in [3.8, 4) is 5.75 Å². The van der Waals surface area contributed by atoms with Crippen LogP contribution >= 0.6 is 0 Å². The van der Waals surface area contributed by atoms with Gasteiger partial charge in [0, 0.05) is 6.54 Å². The molecule has 0 fully saturated rings. The van der Waals surface area contributed by atoms with Crippen LogP contribution in [0, 0.1) is 0 Å². The van der Waals surface area contributed by atoms with Gasteiger partial charge in [-0.3, -0.25) is 4.79 Å². The second kappa shape index (κ2) is 10.2. The van der Waals surface area contributed by atoms with Gasteiger partial charge in [-0.25, -0.2) is 14.2 Å². The second-order valence-corrected chi connectivity index (χ2v) is 6.81. The minimum absolute atomic E-state index is 0.0373. The zero-order valence-corrected chi connectivity index (χ0v) is 17.4. The quantitative estimate of drug-likeness (QED) is 0.495. The van der Waals surface area contributed by atoms with Crippen molar-refractivity contribution in [3.05, 3.63) is 110 Å². The first-order chi connectivity index (χ1) is 15.4. The van der Waals surface area contributed by atoms with Gasteiger partial charge < -0.3 is 20.0 Å². The van der Waals surface area contributed by atoms with Crippen molar-refractivity contribution in [1.82, 2.24) is 4.57 Å². The summed E-state index contributed by atoms with van der Waals surface area (Å²) >= 11 is 0. The van der Waals surface area contributed by atoms with E-state index in [-0.39, 0.29) is 23.1 Å². The van der Waals surface area contributed by atoms with E-state index in [9.17, 15) is 14.4 Å². The smallest absolute Gasteiger partial charge is 0.422 e. The van der Waals surface area contributed by atoms with Crippen LogP contribution in [0.3, 0.4) is 0 Å². The van der Waals surface area contributed by atoms with Gasteiger partial charge >= 0.3 is 11.7 Å². The SMILES string of the molecule is COc1ccc(CN)cc1.O=C(O)c1ccc2oc(=O)n(Cc3ccccc3)c(=O)c2c1. The summed E-state index contributed by atoms with van der Waals surface area (Å²) in [6, 6.07) is 20.5. The number of fused-ring (bicyclic) bond motifs is 1. The van der Waals surface area contributed by atoms with E-state index in [1.54, 1.807) is 31.4 Å². The minimum atomic E-state index is -1.15. The summed E-state index contributed by atoms with van der Waals surface area (Å²) in [5.74, 6) is -1.05. The lowest BCUT2D eigenvalue weighted by atomic mass is 10.1. The zero-order valence-electron chi connectivity index (χ0n) is 17.4. The van der Waals surface area contributed by atoms with E-state index in [1.165, 1.54) is 18.2 Å². The van der Waals surface area contributed by atoms with E-state index in [2.05, 4.69) is 0 Å². The molecule has 3 N–H and O–H groups in total. The third-order valence-corrected chi connectivity index (χ3v) is 4.70. The molecular formula is C24H22N2O6. The molecular weight excluding hydrogens is 412 g/mol.